The Morgan fingerprint density at radius 3 is 2.27 bits per heavy atom. The van der Waals surface area contributed by atoms with E-state index in [1.807, 2.05) is 12.2 Å². The largest absolute Gasteiger partial charge is 0.463 e. The molecule has 10 heteroatoms. The minimum atomic E-state index is -0.806. The summed E-state index contributed by atoms with van der Waals surface area (Å²) in [6, 6.07) is -1.11. The molecule has 0 aromatic rings. The number of nitrogens with one attached hydrogen (secondary N) is 2. The summed E-state index contributed by atoms with van der Waals surface area (Å²) in [5.74, 6) is -3.04. The lowest BCUT2D eigenvalue weighted by atomic mass is 9.85. The van der Waals surface area contributed by atoms with Gasteiger partial charge in [0.05, 0.1) is 35.8 Å². The van der Waals surface area contributed by atoms with Gasteiger partial charge in [-0.1, -0.05) is 19.1 Å². The number of esters is 2. The predicted octanol–water partition coefficient (Wildman–Crippen LogP) is 0.389. The number of likely N-dealkylation sites (tertiary alicyclic amines) is 1. The first kappa shape index (κ1) is 21.5. The lowest BCUT2D eigenvalue weighted by Gasteiger charge is -2.28. The summed E-state index contributed by atoms with van der Waals surface area (Å²) in [6.45, 7) is 2.71. The van der Waals surface area contributed by atoms with Crippen LogP contribution in [0.1, 0.15) is 33.1 Å². The molecule has 30 heavy (non-hydrogen) atoms. The topological polar surface area (TPSA) is 131 Å². The fraction of sp³-hybridized carbons (Fsp3) is 0.550. The number of hydrogen-bond acceptors (Lipinski definition) is 7. The minimum absolute atomic E-state index is 0.120. The van der Waals surface area contributed by atoms with Gasteiger partial charge in [0.15, 0.2) is 0 Å². The molecule has 0 saturated carbocycles. The van der Waals surface area contributed by atoms with Crippen molar-refractivity contribution in [2.45, 2.75) is 39.2 Å². The Kier molecular flexibility index (Phi) is 6.53. The Morgan fingerprint density at radius 1 is 1.07 bits per heavy atom. The zero-order chi connectivity index (χ0) is 21.8. The van der Waals surface area contributed by atoms with E-state index >= 15 is 0 Å². The van der Waals surface area contributed by atoms with E-state index in [1.165, 1.54) is 0 Å². The van der Waals surface area contributed by atoms with Crippen molar-refractivity contribution in [1.82, 2.24) is 15.5 Å². The third-order valence-corrected chi connectivity index (χ3v) is 5.41. The molecule has 2 aliphatic heterocycles. The fourth-order valence-electron chi connectivity index (χ4n) is 3.93. The molecule has 3 atom stereocenters. The average Bonchev–Trinajstić information content (AvgIpc) is 2.97. The van der Waals surface area contributed by atoms with Crippen LogP contribution in [0.4, 0.5) is 4.79 Å². The zero-order valence-corrected chi connectivity index (χ0v) is 16.9. The molecule has 0 aromatic carbocycles. The monoisotopic (exact) mass is 419 g/mol. The van der Waals surface area contributed by atoms with Crippen molar-refractivity contribution in [2.24, 2.45) is 11.8 Å². The fourth-order valence-corrected chi connectivity index (χ4v) is 3.93. The Labute approximate surface area is 173 Å². The van der Waals surface area contributed by atoms with Crippen molar-refractivity contribution in [1.29, 1.82) is 0 Å². The van der Waals surface area contributed by atoms with E-state index < -0.39 is 42.4 Å². The lowest BCUT2D eigenvalue weighted by molar-refractivity contribution is -0.152. The van der Waals surface area contributed by atoms with E-state index in [1.54, 1.807) is 13.8 Å². The van der Waals surface area contributed by atoms with Crippen molar-refractivity contribution in [3.63, 3.8) is 0 Å². The molecule has 0 radical (unpaired) electrons. The predicted molar refractivity (Wildman–Crippen MR) is 102 cm³/mol. The number of carbonyl (C=O) groups is 5. The van der Waals surface area contributed by atoms with Gasteiger partial charge in [-0.2, -0.15) is 0 Å². The first-order valence-electron chi connectivity index (χ1n) is 10.0. The normalized spacial score (nSPS) is 25.6. The number of nitrogens with zero attached hydrogens (tertiary/aromatic N) is 1. The van der Waals surface area contributed by atoms with Crippen molar-refractivity contribution in [2.75, 3.05) is 19.8 Å². The van der Waals surface area contributed by atoms with Crippen LogP contribution in [0.2, 0.25) is 0 Å². The summed E-state index contributed by atoms with van der Waals surface area (Å²) in [7, 11) is 0. The van der Waals surface area contributed by atoms with E-state index in [-0.39, 0.29) is 36.3 Å². The van der Waals surface area contributed by atoms with Gasteiger partial charge < -0.3 is 20.1 Å². The molecule has 0 unspecified atom stereocenters. The van der Waals surface area contributed by atoms with Crippen LogP contribution in [0.15, 0.2) is 23.4 Å². The number of fused-ring (bicyclic) bond motifs is 1. The Morgan fingerprint density at radius 2 is 1.70 bits per heavy atom. The number of imide groups is 1. The van der Waals surface area contributed by atoms with Crippen LogP contribution in [-0.2, 0) is 28.7 Å². The molecule has 1 aliphatic carbocycles. The smallest absolute Gasteiger partial charge is 0.338 e. The third kappa shape index (κ3) is 4.22. The first-order valence-corrected chi connectivity index (χ1v) is 10.0. The second-order valence-corrected chi connectivity index (χ2v) is 7.25. The summed E-state index contributed by atoms with van der Waals surface area (Å²) in [5.41, 5.74) is 0.298. The molecule has 1 fully saturated rings. The molecule has 3 aliphatic rings. The summed E-state index contributed by atoms with van der Waals surface area (Å²) < 4.78 is 10.2. The highest BCUT2D eigenvalue weighted by molar-refractivity contribution is 6.07. The van der Waals surface area contributed by atoms with E-state index in [4.69, 9.17) is 9.47 Å². The summed E-state index contributed by atoms with van der Waals surface area (Å²) in [6.07, 6.45) is 5.12. The zero-order valence-electron chi connectivity index (χ0n) is 16.9. The highest BCUT2D eigenvalue weighted by atomic mass is 16.5. The van der Waals surface area contributed by atoms with Crippen LogP contribution in [0.25, 0.3) is 0 Å². The summed E-state index contributed by atoms with van der Waals surface area (Å²) in [5, 5.41) is 5.09. The van der Waals surface area contributed by atoms with Gasteiger partial charge in [-0.05, 0) is 26.2 Å². The molecular weight excluding hydrogens is 394 g/mol. The molecule has 1 saturated heterocycles. The molecule has 162 valence electrons. The number of allylic oxidation sites excluding steroid dienone is 2. The van der Waals surface area contributed by atoms with Gasteiger partial charge in [0.2, 0.25) is 11.8 Å². The van der Waals surface area contributed by atoms with E-state index in [2.05, 4.69) is 10.6 Å². The van der Waals surface area contributed by atoms with Crippen molar-refractivity contribution in [3.8, 4) is 0 Å². The standard InChI is InChI=1S/C20H25N3O7/c1-3-13-16(19(27)29-4-2)14(22-20(28)21-13)10-30-15(24)9-23-17(25)11-7-5-6-8-12(11)18(23)26/h5-6,11-13H,3-4,7-10H2,1-2H3,(H2,21,22,28)/t11-,12+,13-/m1/s1. The van der Waals surface area contributed by atoms with Gasteiger partial charge in [0.1, 0.15) is 13.2 Å². The molecule has 0 aromatic heterocycles. The number of carbonyl (C=O) groups excluding carboxylic acids is 5. The maximum absolute atomic E-state index is 12.5. The lowest BCUT2D eigenvalue weighted by Crippen LogP contribution is -2.51. The second kappa shape index (κ2) is 9.10. The Balaban J connectivity index is 1.67. The third-order valence-electron chi connectivity index (χ3n) is 5.41. The molecule has 10 nitrogen and oxygen atoms in total. The highest BCUT2D eigenvalue weighted by Gasteiger charge is 2.47. The molecule has 3 rings (SSSR count). The summed E-state index contributed by atoms with van der Waals surface area (Å²) >= 11 is 0. The van der Waals surface area contributed by atoms with E-state index in [0.29, 0.717) is 19.3 Å². The van der Waals surface area contributed by atoms with Crippen molar-refractivity contribution in [3.05, 3.63) is 23.4 Å². The number of amides is 4. The quantitative estimate of drug-likeness (QED) is 0.347. The van der Waals surface area contributed by atoms with Gasteiger partial charge in [-0.15, -0.1) is 0 Å². The minimum Gasteiger partial charge on any atom is -0.463 e. The molecule has 2 heterocycles. The van der Waals surface area contributed by atoms with Gasteiger partial charge in [-0.25, -0.2) is 9.59 Å². The Bertz CT molecular complexity index is 806. The maximum Gasteiger partial charge on any atom is 0.338 e. The molecule has 4 amide bonds. The van der Waals surface area contributed by atoms with Crippen LogP contribution in [-0.4, -0.2) is 60.5 Å². The summed E-state index contributed by atoms with van der Waals surface area (Å²) in [4.78, 5) is 62.4. The average molecular weight is 419 g/mol. The molecular formula is C20H25N3O7. The number of hydrogen-bond donors (Lipinski definition) is 2. The SMILES string of the molecule is CCOC(=O)C1=C(COC(=O)CN2C(=O)[C@H]3CC=CC[C@H]3C2=O)NC(=O)N[C@@H]1CC. The second-order valence-electron chi connectivity index (χ2n) is 7.25. The van der Waals surface area contributed by atoms with Crippen LogP contribution < -0.4 is 10.6 Å². The first-order chi connectivity index (χ1) is 14.4. The molecule has 2 N–H and O–H groups in total. The van der Waals surface area contributed by atoms with E-state index in [0.717, 1.165) is 4.90 Å². The van der Waals surface area contributed by atoms with Gasteiger partial charge >= 0.3 is 18.0 Å². The van der Waals surface area contributed by atoms with Crippen molar-refractivity contribution >= 4 is 29.8 Å². The highest BCUT2D eigenvalue weighted by Crippen LogP contribution is 2.34. The number of urea groups is 1. The number of ether oxygens (including phenoxy) is 2. The van der Waals surface area contributed by atoms with Gasteiger partial charge in [0.25, 0.3) is 0 Å². The Hall–Kier alpha value is -3.17. The van der Waals surface area contributed by atoms with Crippen molar-refractivity contribution < 1.29 is 33.4 Å². The van der Waals surface area contributed by atoms with Crippen LogP contribution in [0, 0.1) is 11.8 Å². The molecule has 0 spiro atoms. The van der Waals surface area contributed by atoms with Crippen LogP contribution >= 0.6 is 0 Å². The maximum atomic E-state index is 12.5. The van der Waals surface area contributed by atoms with Crippen LogP contribution in [0.5, 0.6) is 0 Å². The van der Waals surface area contributed by atoms with Gasteiger partial charge in [0, 0.05) is 0 Å². The molecule has 0 bridgehead atoms. The number of rotatable bonds is 7. The van der Waals surface area contributed by atoms with E-state index in [9.17, 15) is 24.0 Å². The van der Waals surface area contributed by atoms with Crippen LogP contribution in [0.3, 0.4) is 0 Å². The van der Waals surface area contributed by atoms with Gasteiger partial charge in [-0.3, -0.25) is 19.3 Å².